The fraction of sp³-hybridized carbons (Fsp3) is 0.200. The second-order valence-corrected chi connectivity index (χ2v) is 7.22. The minimum absolute atomic E-state index is 0.106. The van der Waals surface area contributed by atoms with Crippen molar-refractivity contribution in [2.24, 2.45) is 0 Å². The molecule has 0 spiro atoms. The van der Waals surface area contributed by atoms with Gasteiger partial charge in [-0.2, -0.15) is 4.98 Å². The summed E-state index contributed by atoms with van der Waals surface area (Å²) < 4.78 is 10.8. The normalized spacial score (nSPS) is 11.7. The maximum Gasteiger partial charge on any atom is 0.225 e. The molecule has 0 saturated carbocycles. The summed E-state index contributed by atoms with van der Waals surface area (Å²) in [5.74, 6) is 2.86. The Hall–Kier alpha value is -3.80. The van der Waals surface area contributed by atoms with Crippen LogP contribution < -0.4 is 20.1 Å². The van der Waals surface area contributed by atoms with Gasteiger partial charge in [0, 0.05) is 29.6 Å². The predicted molar refractivity (Wildman–Crippen MR) is 125 cm³/mol. The lowest BCUT2D eigenvalue weighted by atomic mass is 10.1. The molecule has 1 atom stereocenters. The maximum atomic E-state index is 5.50. The average Bonchev–Trinajstić information content (AvgIpc) is 2.83. The summed E-state index contributed by atoms with van der Waals surface area (Å²) in [5.41, 5.74) is 3.07. The molecule has 1 unspecified atom stereocenters. The van der Waals surface area contributed by atoms with Crippen molar-refractivity contribution in [2.45, 2.75) is 19.5 Å². The summed E-state index contributed by atoms with van der Waals surface area (Å²) >= 11 is 0. The molecule has 0 fully saturated rings. The smallest absolute Gasteiger partial charge is 0.225 e. The van der Waals surface area contributed by atoms with Gasteiger partial charge >= 0.3 is 0 Å². The van der Waals surface area contributed by atoms with E-state index in [9.17, 15) is 0 Å². The number of anilines is 2. The highest BCUT2D eigenvalue weighted by atomic mass is 16.5. The lowest BCUT2D eigenvalue weighted by molar-refractivity contribution is 0.391. The number of rotatable bonds is 8. The molecule has 0 aliphatic carbocycles. The van der Waals surface area contributed by atoms with Gasteiger partial charge in [0.15, 0.2) is 0 Å². The fourth-order valence-electron chi connectivity index (χ4n) is 3.47. The number of benzene rings is 3. The number of ether oxygens (including phenoxy) is 2. The number of para-hydroxylation sites is 1. The van der Waals surface area contributed by atoms with E-state index in [1.165, 1.54) is 5.56 Å². The van der Waals surface area contributed by atoms with Crippen LogP contribution in [0.5, 0.6) is 11.5 Å². The third kappa shape index (κ3) is 4.69. The second kappa shape index (κ2) is 9.34. The van der Waals surface area contributed by atoms with E-state index in [0.717, 1.165) is 33.8 Å². The molecule has 0 aliphatic rings. The zero-order valence-corrected chi connectivity index (χ0v) is 17.9. The summed E-state index contributed by atoms with van der Waals surface area (Å²) in [5, 5.41) is 7.86. The van der Waals surface area contributed by atoms with E-state index in [1.54, 1.807) is 14.2 Å². The van der Waals surface area contributed by atoms with Crippen molar-refractivity contribution in [1.82, 2.24) is 9.97 Å². The maximum absolute atomic E-state index is 5.50. The van der Waals surface area contributed by atoms with E-state index in [2.05, 4.69) is 29.7 Å². The number of methoxy groups -OCH3 is 2. The molecular weight excluding hydrogens is 388 g/mol. The molecule has 4 rings (SSSR count). The molecule has 0 amide bonds. The molecular formula is C25H26N4O2. The van der Waals surface area contributed by atoms with Gasteiger partial charge in [0.25, 0.3) is 0 Å². The van der Waals surface area contributed by atoms with Crippen molar-refractivity contribution in [3.8, 4) is 11.5 Å². The molecule has 3 aromatic carbocycles. The Morgan fingerprint density at radius 1 is 0.871 bits per heavy atom. The minimum atomic E-state index is 0.106. The Bertz CT molecular complexity index is 1160. The van der Waals surface area contributed by atoms with Crippen molar-refractivity contribution in [3.05, 3.63) is 83.9 Å². The molecule has 158 valence electrons. The average molecular weight is 415 g/mol. The number of nitrogens with one attached hydrogen (secondary N) is 2. The molecule has 4 aromatic rings. The molecule has 31 heavy (non-hydrogen) atoms. The lowest BCUT2D eigenvalue weighted by Crippen LogP contribution is -2.11. The van der Waals surface area contributed by atoms with E-state index in [1.807, 2.05) is 60.7 Å². The van der Waals surface area contributed by atoms with Crippen LogP contribution in [-0.2, 0) is 6.54 Å². The van der Waals surface area contributed by atoms with Crippen molar-refractivity contribution >= 4 is 22.7 Å². The quantitative estimate of drug-likeness (QED) is 0.401. The Balaban J connectivity index is 1.60. The largest absolute Gasteiger partial charge is 0.497 e. The van der Waals surface area contributed by atoms with Gasteiger partial charge in [0.2, 0.25) is 5.95 Å². The first kappa shape index (κ1) is 20.5. The Kier molecular flexibility index (Phi) is 6.17. The number of fused-ring (bicyclic) bond motifs is 1. The van der Waals surface area contributed by atoms with Gasteiger partial charge in [-0.25, -0.2) is 4.98 Å². The van der Waals surface area contributed by atoms with Crippen LogP contribution in [0.3, 0.4) is 0 Å². The van der Waals surface area contributed by atoms with Gasteiger partial charge in [0.1, 0.15) is 17.3 Å². The molecule has 6 heteroatoms. The molecule has 1 aromatic heterocycles. The number of nitrogens with zero attached hydrogens (tertiary/aromatic N) is 2. The topological polar surface area (TPSA) is 68.3 Å². The van der Waals surface area contributed by atoms with E-state index >= 15 is 0 Å². The summed E-state index contributed by atoms with van der Waals surface area (Å²) in [6.07, 6.45) is 0. The molecule has 0 radical (unpaired) electrons. The van der Waals surface area contributed by atoms with Crippen LogP contribution in [0.25, 0.3) is 10.9 Å². The van der Waals surface area contributed by atoms with Crippen molar-refractivity contribution in [2.75, 3.05) is 24.9 Å². The van der Waals surface area contributed by atoms with Crippen molar-refractivity contribution in [3.63, 3.8) is 0 Å². The monoisotopic (exact) mass is 414 g/mol. The first-order valence-corrected chi connectivity index (χ1v) is 10.2. The van der Waals surface area contributed by atoms with Gasteiger partial charge in [-0.1, -0.05) is 42.5 Å². The summed E-state index contributed by atoms with van der Waals surface area (Å²) in [4.78, 5) is 9.46. The highest BCUT2D eigenvalue weighted by Gasteiger charge is 2.12. The van der Waals surface area contributed by atoms with Gasteiger partial charge in [-0.3, -0.25) is 0 Å². The SMILES string of the molecule is COc1ccc(CNc2nc(NC(C)c3ccccc3)c3ccccc3n2)c(OC)c1. The summed E-state index contributed by atoms with van der Waals surface area (Å²) in [6, 6.07) is 24.2. The van der Waals surface area contributed by atoms with E-state index in [4.69, 9.17) is 19.4 Å². The summed E-state index contributed by atoms with van der Waals surface area (Å²) in [6.45, 7) is 2.65. The highest BCUT2D eigenvalue weighted by molar-refractivity contribution is 5.90. The predicted octanol–water partition coefficient (Wildman–Crippen LogP) is 5.43. The van der Waals surface area contributed by atoms with Crippen molar-refractivity contribution in [1.29, 1.82) is 0 Å². The van der Waals surface area contributed by atoms with Crippen molar-refractivity contribution < 1.29 is 9.47 Å². The Labute approximate surface area is 182 Å². The van der Waals surface area contributed by atoms with Gasteiger partial charge in [-0.15, -0.1) is 0 Å². The third-order valence-electron chi connectivity index (χ3n) is 5.19. The van der Waals surface area contributed by atoms with E-state index < -0.39 is 0 Å². The molecule has 1 heterocycles. The third-order valence-corrected chi connectivity index (χ3v) is 5.19. The van der Waals surface area contributed by atoms with Crippen LogP contribution in [0, 0.1) is 0 Å². The summed E-state index contributed by atoms with van der Waals surface area (Å²) in [7, 11) is 3.29. The Morgan fingerprint density at radius 2 is 1.65 bits per heavy atom. The molecule has 2 N–H and O–H groups in total. The number of aromatic nitrogens is 2. The second-order valence-electron chi connectivity index (χ2n) is 7.22. The first-order chi connectivity index (χ1) is 15.2. The van der Waals surface area contributed by atoms with Crippen LogP contribution in [0.4, 0.5) is 11.8 Å². The van der Waals surface area contributed by atoms with E-state index in [0.29, 0.717) is 12.5 Å². The van der Waals surface area contributed by atoms with E-state index in [-0.39, 0.29) is 6.04 Å². The van der Waals surface area contributed by atoms with Gasteiger partial charge < -0.3 is 20.1 Å². The Morgan fingerprint density at radius 3 is 2.42 bits per heavy atom. The zero-order chi connectivity index (χ0) is 21.6. The number of hydrogen-bond acceptors (Lipinski definition) is 6. The number of hydrogen-bond donors (Lipinski definition) is 2. The van der Waals surface area contributed by atoms with Crippen LogP contribution in [0.2, 0.25) is 0 Å². The molecule has 0 aliphatic heterocycles. The zero-order valence-electron chi connectivity index (χ0n) is 17.9. The van der Waals surface area contributed by atoms with Crippen LogP contribution in [0.1, 0.15) is 24.1 Å². The molecule has 0 saturated heterocycles. The van der Waals surface area contributed by atoms with Crippen LogP contribution >= 0.6 is 0 Å². The highest BCUT2D eigenvalue weighted by Crippen LogP contribution is 2.28. The standard InChI is InChI=1S/C25H26N4O2/c1-17(18-9-5-4-6-10-18)27-24-21-11-7-8-12-22(21)28-25(29-24)26-16-19-13-14-20(30-2)15-23(19)31-3/h4-15,17H,16H2,1-3H3,(H2,26,27,28,29). The molecule has 0 bridgehead atoms. The fourth-order valence-corrected chi connectivity index (χ4v) is 3.47. The van der Waals surface area contributed by atoms with Gasteiger partial charge in [-0.05, 0) is 36.8 Å². The molecule has 6 nitrogen and oxygen atoms in total. The van der Waals surface area contributed by atoms with Gasteiger partial charge in [0.05, 0.1) is 19.7 Å². The van der Waals surface area contributed by atoms with Crippen LogP contribution in [0.15, 0.2) is 72.8 Å². The first-order valence-electron chi connectivity index (χ1n) is 10.2. The van der Waals surface area contributed by atoms with Crippen LogP contribution in [-0.4, -0.2) is 24.2 Å². The minimum Gasteiger partial charge on any atom is -0.497 e. The lowest BCUT2D eigenvalue weighted by Gasteiger charge is -2.18.